The van der Waals surface area contributed by atoms with Crippen LogP contribution in [-0.4, -0.2) is 43.8 Å². The molecule has 1 aromatic heterocycles. The summed E-state index contributed by atoms with van der Waals surface area (Å²) in [7, 11) is 0. The van der Waals surface area contributed by atoms with Gasteiger partial charge in [-0.25, -0.2) is 13.9 Å². The average Bonchev–Trinajstić information content (AvgIpc) is 3.31. The second-order valence-corrected chi connectivity index (χ2v) is 7.77. The summed E-state index contributed by atoms with van der Waals surface area (Å²) in [5.74, 6) is -0.813. The highest BCUT2D eigenvalue weighted by Crippen LogP contribution is 2.31. The fourth-order valence-electron chi connectivity index (χ4n) is 3.60. The van der Waals surface area contributed by atoms with E-state index in [1.165, 1.54) is 23.9 Å². The summed E-state index contributed by atoms with van der Waals surface area (Å²) in [5, 5.41) is 16.7. The lowest BCUT2D eigenvalue weighted by molar-refractivity contribution is -0.143. The van der Waals surface area contributed by atoms with Gasteiger partial charge < -0.3 is 10.4 Å². The maximum atomic E-state index is 13.6. The quantitative estimate of drug-likeness (QED) is 0.856. The fourth-order valence-corrected chi connectivity index (χ4v) is 4.93. The normalized spacial score (nSPS) is 21.6. The molecule has 1 saturated heterocycles. The number of carboxylic acids is 1. The standard InChI is InChI=1S/C18H18FN3O3S/c19-11-3-1-4-12(9-11)22-14-6-2-5-13(14)15(21-22)16(23)20-18(17(24)25)7-8-26-10-18/h1,3-4,9H,2,5-8,10H2,(H,20,23)(H,24,25). The van der Waals surface area contributed by atoms with Gasteiger partial charge in [-0.3, -0.25) is 4.79 Å². The molecule has 2 aromatic rings. The summed E-state index contributed by atoms with van der Waals surface area (Å²) >= 11 is 1.51. The topological polar surface area (TPSA) is 84.2 Å². The highest BCUT2D eigenvalue weighted by molar-refractivity contribution is 7.99. The lowest BCUT2D eigenvalue weighted by Gasteiger charge is -2.24. The summed E-state index contributed by atoms with van der Waals surface area (Å²) in [5.41, 5.74) is 1.30. The number of thioether (sulfide) groups is 1. The molecule has 0 saturated carbocycles. The van der Waals surface area contributed by atoms with Gasteiger partial charge in [-0.2, -0.15) is 16.9 Å². The molecule has 0 spiro atoms. The maximum absolute atomic E-state index is 13.6. The van der Waals surface area contributed by atoms with Crippen LogP contribution in [0.1, 0.15) is 34.6 Å². The molecule has 136 valence electrons. The SMILES string of the molecule is O=C(NC1(C(=O)O)CCSC1)c1nn(-c2cccc(F)c2)c2c1CCC2. The first-order chi connectivity index (χ1) is 12.5. The number of nitrogens with zero attached hydrogens (tertiary/aromatic N) is 2. The molecular weight excluding hydrogens is 357 g/mol. The molecule has 2 aliphatic rings. The summed E-state index contributed by atoms with van der Waals surface area (Å²) in [6.45, 7) is 0. The van der Waals surface area contributed by atoms with Crippen LogP contribution in [0.3, 0.4) is 0 Å². The first kappa shape index (κ1) is 17.1. The third kappa shape index (κ3) is 2.78. The van der Waals surface area contributed by atoms with E-state index in [2.05, 4.69) is 10.4 Å². The number of amides is 1. The molecule has 0 radical (unpaired) electrons. The number of hydrogen-bond acceptors (Lipinski definition) is 4. The number of aliphatic carboxylic acids is 1. The number of carbonyl (C=O) groups excluding carboxylic acids is 1. The van der Waals surface area contributed by atoms with Crippen LogP contribution in [0.5, 0.6) is 0 Å². The number of rotatable bonds is 4. The Hall–Kier alpha value is -2.35. The largest absolute Gasteiger partial charge is 0.479 e. The lowest BCUT2D eigenvalue weighted by Crippen LogP contribution is -2.55. The molecule has 1 aromatic carbocycles. The smallest absolute Gasteiger partial charge is 0.330 e. The Morgan fingerprint density at radius 1 is 1.35 bits per heavy atom. The molecule has 2 heterocycles. The third-order valence-corrected chi connectivity index (χ3v) is 6.17. The minimum Gasteiger partial charge on any atom is -0.479 e. The lowest BCUT2D eigenvalue weighted by atomic mass is 9.98. The van der Waals surface area contributed by atoms with Crippen molar-refractivity contribution in [1.82, 2.24) is 15.1 Å². The molecule has 1 atom stereocenters. The highest BCUT2D eigenvalue weighted by atomic mass is 32.2. The predicted octanol–water partition coefficient (Wildman–Crippen LogP) is 2.19. The molecular formula is C18H18FN3O3S. The molecule has 8 heteroatoms. The number of carbonyl (C=O) groups is 2. The van der Waals surface area contributed by atoms with Crippen molar-refractivity contribution in [3.8, 4) is 5.69 Å². The van der Waals surface area contributed by atoms with Crippen molar-refractivity contribution < 1.29 is 19.1 Å². The summed E-state index contributed by atoms with van der Waals surface area (Å²) in [6, 6.07) is 6.07. The van der Waals surface area contributed by atoms with E-state index in [-0.39, 0.29) is 11.5 Å². The molecule has 1 unspecified atom stereocenters. The van der Waals surface area contributed by atoms with Crippen LogP contribution in [0.2, 0.25) is 0 Å². The molecule has 1 amide bonds. The van der Waals surface area contributed by atoms with Gasteiger partial charge in [-0.15, -0.1) is 0 Å². The van der Waals surface area contributed by atoms with Gasteiger partial charge in [0.25, 0.3) is 5.91 Å². The number of nitrogens with one attached hydrogen (secondary N) is 1. The van der Waals surface area contributed by atoms with Gasteiger partial charge >= 0.3 is 5.97 Å². The highest BCUT2D eigenvalue weighted by Gasteiger charge is 2.44. The van der Waals surface area contributed by atoms with E-state index in [1.807, 2.05) is 0 Å². The van der Waals surface area contributed by atoms with Gasteiger partial charge in [0.1, 0.15) is 11.4 Å². The number of fused-ring (bicyclic) bond motifs is 1. The average molecular weight is 375 g/mol. The Morgan fingerprint density at radius 2 is 2.19 bits per heavy atom. The number of carboxylic acid groups (broad SMARTS) is 1. The molecule has 2 N–H and O–H groups in total. The van der Waals surface area contributed by atoms with Gasteiger partial charge in [0.15, 0.2) is 5.69 Å². The van der Waals surface area contributed by atoms with Crippen molar-refractivity contribution in [2.75, 3.05) is 11.5 Å². The van der Waals surface area contributed by atoms with Crippen molar-refractivity contribution in [1.29, 1.82) is 0 Å². The van der Waals surface area contributed by atoms with Gasteiger partial charge in [0.2, 0.25) is 0 Å². The van der Waals surface area contributed by atoms with E-state index in [0.29, 0.717) is 30.0 Å². The number of benzene rings is 1. The minimum absolute atomic E-state index is 0.249. The molecule has 26 heavy (non-hydrogen) atoms. The van der Waals surface area contributed by atoms with E-state index in [4.69, 9.17) is 0 Å². The van der Waals surface area contributed by atoms with Gasteiger partial charge in [-0.1, -0.05) is 6.07 Å². The van der Waals surface area contributed by atoms with Crippen LogP contribution in [0.15, 0.2) is 24.3 Å². The summed E-state index contributed by atoms with van der Waals surface area (Å²) in [6.07, 6.45) is 2.75. The van der Waals surface area contributed by atoms with Gasteiger partial charge in [0, 0.05) is 17.0 Å². The first-order valence-corrected chi connectivity index (χ1v) is 9.66. The van der Waals surface area contributed by atoms with Crippen LogP contribution >= 0.6 is 11.8 Å². The first-order valence-electron chi connectivity index (χ1n) is 8.50. The number of halogens is 1. The van der Waals surface area contributed by atoms with E-state index >= 15 is 0 Å². The minimum atomic E-state index is -1.24. The number of hydrogen-bond donors (Lipinski definition) is 2. The Kier molecular flexibility index (Phi) is 4.22. The molecule has 1 fully saturated rings. The van der Waals surface area contributed by atoms with Gasteiger partial charge in [-0.05, 0) is 49.6 Å². The van der Waals surface area contributed by atoms with Crippen LogP contribution in [-0.2, 0) is 17.6 Å². The maximum Gasteiger partial charge on any atom is 0.330 e. The van der Waals surface area contributed by atoms with Crippen LogP contribution in [0.4, 0.5) is 4.39 Å². The van der Waals surface area contributed by atoms with Crippen LogP contribution in [0.25, 0.3) is 5.69 Å². The van der Waals surface area contributed by atoms with E-state index < -0.39 is 17.4 Å². The third-order valence-electron chi connectivity index (χ3n) is 4.98. The van der Waals surface area contributed by atoms with Crippen molar-refractivity contribution in [3.63, 3.8) is 0 Å². The predicted molar refractivity (Wildman–Crippen MR) is 95.3 cm³/mol. The molecule has 6 nitrogen and oxygen atoms in total. The Bertz CT molecular complexity index is 890. The van der Waals surface area contributed by atoms with Crippen molar-refractivity contribution in [3.05, 3.63) is 47.0 Å². The zero-order valence-corrected chi connectivity index (χ0v) is 14.8. The van der Waals surface area contributed by atoms with Crippen LogP contribution < -0.4 is 5.32 Å². The van der Waals surface area contributed by atoms with Crippen LogP contribution in [0, 0.1) is 5.82 Å². The second kappa shape index (κ2) is 6.42. The van der Waals surface area contributed by atoms with Crippen molar-refractivity contribution >= 4 is 23.6 Å². The van der Waals surface area contributed by atoms with E-state index in [0.717, 1.165) is 24.1 Å². The Balaban J connectivity index is 1.70. The Labute approximate surface area is 153 Å². The van der Waals surface area contributed by atoms with Crippen molar-refractivity contribution in [2.45, 2.75) is 31.2 Å². The molecule has 1 aliphatic carbocycles. The fraction of sp³-hybridized carbons (Fsp3) is 0.389. The van der Waals surface area contributed by atoms with Crippen molar-refractivity contribution in [2.24, 2.45) is 0 Å². The second-order valence-electron chi connectivity index (χ2n) is 6.66. The zero-order valence-electron chi connectivity index (χ0n) is 14.0. The van der Waals surface area contributed by atoms with E-state index in [1.54, 1.807) is 16.8 Å². The monoisotopic (exact) mass is 375 g/mol. The molecule has 4 rings (SSSR count). The number of aromatic nitrogens is 2. The molecule has 0 bridgehead atoms. The summed E-state index contributed by atoms with van der Waals surface area (Å²) < 4.78 is 15.2. The summed E-state index contributed by atoms with van der Waals surface area (Å²) in [4.78, 5) is 24.5. The Morgan fingerprint density at radius 3 is 2.88 bits per heavy atom. The van der Waals surface area contributed by atoms with Gasteiger partial charge in [0.05, 0.1) is 5.69 Å². The zero-order chi connectivity index (χ0) is 18.3. The molecule has 1 aliphatic heterocycles. The van der Waals surface area contributed by atoms with E-state index in [9.17, 15) is 19.1 Å².